The molecule has 0 radical (unpaired) electrons. The Kier molecular flexibility index (Phi) is 9.33. The van der Waals surface area contributed by atoms with Gasteiger partial charge < -0.3 is 0 Å². The minimum atomic E-state index is -1.05. The summed E-state index contributed by atoms with van der Waals surface area (Å²) in [6.45, 7) is 8.09. The molecule has 0 bridgehead atoms. The monoisotopic (exact) mass is 288 g/mol. The van der Waals surface area contributed by atoms with Crippen molar-refractivity contribution in [3.05, 3.63) is 0 Å². The SMILES string of the molecule is CCCC[PH](CCCC)(CCCC)CC1CCCO1. The van der Waals surface area contributed by atoms with Crippen molar-refractivity contribution in [3.8, 4) is 0 Å². The normalized spacial score (nSPS) is 20.9. The molecule has 1 atom stereocenters. The molecule has 1 nitrogen and oxygen atoms in total. The molecule has 1 unspecified atom stereocenters. The van der Waals surface area contributed by atoms with Crippen molar-refractivity contribution in [3.63, 3.8) is 0 Å². The average molecular weight is 288 g/mol. The maximum absolute atomic E-state index is 5.98. The van der Waals surface area contributed by atoms with Crippen LogP contribution in [0.5, 0.6) is 0 Å². The Morgan fingerprint density at radius 2 is 1.42 bits per heavy atom. The van der Waals surface area contributed by atoms with E-state index in [0.717, 1.165) is 6.61 Å². The third-order valence-corrected chi connectivity index (χ3v) is 10.4. The molecule has 1 rings (SSSR count). The Balaban J connectivity index is 2.61. The van der Waals surface area contributed by atoms with Crippen LogP contribution in [0.4, 0.5) is 0 Å². The van der Waals surface area contributed by atoms with E-state index in [9.17, 15) is 0 Å². The molecule has 19 heavy (non-hydrogen) atoms. The van der Waals surface area contributed by atoms with Crippen LogP contribution in [0.15, 0.2) is 0 Å². The number of ether oxygens (including phenoxy) is 1. The number of unbranched alkanes of at least 4 members (excludes halogenated alkanes) is 3. The first-order valence-corrected chi connectivity index (χ1v) is 11.7. The van der Waals surface area contributed by atoms with Gasteiger partial charge in [0, 0.05) is 0 Å². The molecule has 0 aliphatic carbocycles. The zero-order valence-corrected chi connectivity index (χ0v) is 14.7. The van der Waals surface area contributed by atoms with Gasteiger partial charge in [0.05, 0.1) is 0 Å². The summed E-state index contributed by atoms with van der Waals surface area (Å²) in [7, 11) is -1.05. The van der Waals surface area contributed by atoms with Gasteiger partial charge in [-0.3, -0.25) is 0 Å². The van der Waals surface area contributed by atoms with E-state index in [2.05, 4.69) is 20.8 Å². The van der Waals surface area contributed by atoms with E-state index < -0.39 is 7.26 Å². The number of rotatable bonds is 11. The third kappa shape index (κ3) is 6.58. The first kappa shape index (κ1) is 17.4. The predicted molar refractivity (Wildman–Crippen MR) is 91.5 cm³/mol. The van der Waals surface area contributed by atoms with Gasteiger partial charge in [0.1, 0.15) is 0 Å². The molecule has 0 saturated carbocycles. The van der Waals surface area contributed by atoms with Gasteiger partial charge in [0.15, 0.2) is 0 Å². The molecule has 1 aliphatic heterocycles. The van der Waals surface area contributed by atoms with Crippen molar-refractivity contribution in [2.45, 2.75) is 78.2 Å². The van der Waals surface area contributed by atoms with Crippen LogP contribution < -0.4 is 0 Å². The molecule has 1 saturated heterocycles. The minimum absolute atomic E-state index is 0.636. The van der Waals surface area contributed by atoms with Gasteiger partial charge in [-0.2, -0.15) is 0 Å². The van der Waals surface area contributed by atoms with Crippen LogP contribution in [0.25, 0.3) is 0 Å². The van der Waals surface area contributed by atoms with Crippen LogP contribution in [0.1, 0.15) is 72.1 Å². The second-order valence-electron chi connectivity index (χ2n) is 6.65. The standard InChI is InChI=1S/C17H37OP/c1-4-7-13-19(14-8-5-2,15-9-6-3)16-17-11-10-12-18-17/h17,19H,4-16H2,1-3H3. The van der Waals surface area contributed by atoms with Gasteiger partial charge in [0.2, 0.25) is 0 Å². The maximum atomic E-state index is 5.98. The van der Waals surface area contributed by atoms with Crippen molar-refractivity contribution in [2.24, 2.45) is 0 Å². The fourth-order valence-electron chi connectivity index (χ4n) is 3.62. The Labute approximate surface area is 122 Å². The third-order valence-electron chi connectivity index (χ3n) is 4.87. The van der Waals surface area contributed by atoms with E-state index in [1.54, 1.807) is 18.5 Å². The molecule has 0 amide bonds. The van der Waals surface area contributed by atoms with Crippen molar-refractivity contribution in [1.29, 1.82) is 0 Å². The van der Waals surface area contributed by atoms with Crippen LogP contribution in [0.3, 0.4) is 0 Å². The van der Waals surface area contributed by atoms with Crippen molar-refractivity contribution in [2.75, 3.05) is 31.3 Å². The van der Waals surface area contributed by atoms with Crippen LogP contribution in [0.2, 0.25) is 0 Å². The molecule has 0 spiro atoms. The van der Waals surface area contributed by atoms with Crippen molar-refractivity contribution >= 4 is 7.26 Å². The number of hydrogen-bond acceptors (Lipinski definition) is 1. The fourth-order valence-corrected chi connectivity index (χ4v) is 9.59. The summed E-state index contributed by atoms with van der Waals surface area (Å²) in [5.74, 6) is 0. The van der Waals surface area contributed by atoms with Gasteiger partial charge in [0.25, 0.3) is 0 Å². The average Bonchev–Trinajstić information content (AvgIpc) is 2.93. The molecule has 1 aliphatic rings. The van der Waals surface area contributed by atoms with E-state index in [1.807, 2.05) is 0 Å². The summed E-state index contributed by atoms with van der Waals surface area (Å²) in [5.41, 5.74) is 0. The van der Waals surface area contributed by atoms with Gasteiger partial charge in [-0.25, -0.2) is 0 Å². The van der Waals surface area contributed by atoms with Crippen LogP contribution >= 0.6 is 7.26 Å². The first-order chi connectivity index (χ1) is 9.26. The Bertz CT molecular complexity index is 190. The zero-order valence-electron chi connectivity index (χ0n) is 13.7. The molecule has 0 aromatic carbocycles. The molecule has 1 heterocycles. The second kappa shape index (κ2) is 10.2. The number of hydrogen-bond donors (Lipinski definition) is 0. The topological polar surface area (TPSA) is 9.23 Å². The Hall–Kier alpha value is 0.390. The molecule has 2 heteroatoms. The molecular weight excluding hydrogens is 251 g/mol. The second-order valence-corrected chi connectivity index (χ2v) is 11.6. The predicted octanol–water partition coefficient (Wildman–Crippen LogP) is 5.32. The molecule has 0 N–H and O–H groups in total. The fraction of sp³-hybridized carbons (Fsp3) is 1.00. The van der Waals surface area contributed by atoms with E-state index >= 15 is 0 Å². The van der Waals surface area contributed by atoms with E-state index in [1.165, 1.54) is 57.5 Å². The van der Waals surface area contributed by atoms with Crippen LogP contribution in [0, 0.1) is 0 Å². The van der Waals surface area contributed by atoms with Crippen LogP contribution in [-0.4, -0.2) is 37.4 Å². The van der Waals surface area contributed by atoms with Gasteiger partial charge in [-0.1, -0.05) is 0 Å². The van der Waals surface area contributed by atoms with Gasteiger partial charge in [-0.15, -0.1) is 0 Å². The quantitative estimate of drug-likeness (QED) is 0.468. The van der Waals surface area contributed by atoms with Crippen molar-refractivity contribution in [1.82, 2.24) is 0 Å². The van der Waals surface area contributed by atoms with Crippen LogP contribution in [-0.2, 0) is 4.74 Å². The summed E-state index contributed by atoms with van der Waals surface area (Å²) in [6, 6.07) is 0. The first-order valence-electron chi connectivity index (χ1n) is 8.88. The zero-order chi connectivity index (χ0) is 14.0. The molecule has 116 valence electrons. The Morgan fingerprint density at radius 3 is 1.79 bits per heavy atom. The molecular formula is C17H37OP. The summed E-state index contributed by atoms with van der Waals surface area (Å²) in [5, 5.41) is 0. The van der Waals surface area contributed by atoms with Gasteiger partial charge in [-0.05, 0) is 0 Å². The molecule has 0 aromatic rings. The van der Waals surface area contributed by atoms with E-state index in [-0.39, 0.29) is 0 Å². The Morgan fingerprint density at radius 1 is 0.895 bits per heavy atom. The van der Waals surface area contributed by atoms with Gasteiger partial charge >= 0.3 is 121 Å². The summed E-state index contributed by atoms with van der Waals surface area (Å²) < 4.78 is 5.98. The summed E-state index contributed by atoms with van der Waals surface area (Å²) >= 11 is 0. The summed E-state index contributed by atoms with van der Waals surface area (Å²) in [4.78, 5) is 0. The van der Waals surface area contributed by atoms with Crippen molar-refractivity contribution < 1.29 is 4.74 Å². The molecule has 0 aromatic heterocycles. The van der Waals surface area contributed by atoms with E-state index in [0.29, 0.717) is 6.10 Å². The molecule has 1 fully saturated rings. The van der Waals surface area contributed by atoms with E-state index in [4.69, 9.17) is 4.74 Å². The summed E-state index contributed by atoms with van der Waals surface area (Å²) in [6.07, 6.45) is 18.0.